The molecule has 5 rings (SSSR count). The normalized spacial score (nSPS) is 29.8. The van der Waals surface area contributed by atoms with E-state index in [4.69, 9.17) is 0 Å². The number of hydrogen-bond donors (Lipinski definition) is 1. The Morgan fingerprint density at radius 3 is 2.57 bits per heavy atom. The smallest absolute Gasteiger partial charge is 0.317 e. The quantitative estimate of drug-likeness (QED) is 0.790. The maximum Gasteiger partial charge on any atom is 0.317 e. The first-order valence-electron chi connectivity index (χ1n) is 11.6. The summed E-state index contributed by atoms with van der Waals surface area (Å²) in [6.07, 6.45) is 9.16. The van der Waals surface area contributed by atoms with Crippen molar-refractivity contribution in [2.75, 3.05) is 39.3 Å². The molecule has 1 N–H and O–H groups in total. The summed E-state index contributed by atoms with van der Waals surface area (Å²) in [5.74, 6) is 1.74. The summed E-state index contributed by atoms with van der Waals surface area (Å²) < 4.78 is 13.6. The van der Waals surface area contributed by atoms with Gasteiger partial charge in [0.2, 0.25) is 0 Å². The molecule has 4 nitrogen and oxygen atoms in total. The predicted molar refractivity (Wildman–Crippen MR) is 117 cm³/mol. The van der Waals surface area contributed by atoms with Crippen molar-refractivity contribution >= 4 is 6.03 Å². The first-order valence-corrected chi connectivity index (χ1v) is 11.6. The van der Waals surface area contributed by atoms with E-state index in [-0.39, 0.29) is 6.03 Å². The summed E-state index contributed by atoms with van der Waals surface area (Å²) in [6.45, 7) is 5.67. The van der Waals surface area contributed by atoms with Crippen LogP contribution in [0.4, 0.5) is 9.18 Å². The van der Waals surface area contributed by atoms with Crippen LogP contribution in [-0.4, -0.2) is 61.3 Å². The molecule has 2 fully saturated rings. The first kappa shape index (κ1) is 19.8. The number of hydrogen-bond acceptors (Lipinski definition) is 2. The average molecular weight is 410 g/mol. The highest BCUT2D eigenvalue weighted by atomic mass is 19.1. The Hall–Kier alpha value is -2.14. The fourth-order valence-corrected chi connectivity index (χ4v) is 5.87. The Morgan fingerprint density at radius 2 is 1.87 bits per heavy atom. The van der Waals surface area contributed by atoms with Crippen LogP contribution < -0.4 is 5.32 Å². The van der Waals surface area contributed by atoms with Crippen molar-refractivity contribution in [3.63, 3.8) is 0 Å². The molecule has 0 saturated carbocycles. The SMILES string of the molecule is O=C1NCCN1CCN1CCC(C2CC(C3=CCC(F)C=C3)c3ccccc32)CC1. The number of fused-ring (bicyclic) bond motifs is 1. The van der Waals surface area contributed by atoms with Crippen LogP contribution in [0.3, 0.4) is 0 Å². The molecule has 3 atom stereocenters. The number of alkyl halides is 1. The number of carbonyl (C=O) groups excluding carboxylic acids is 1. The van der Waals surface area contributed by atoms with Gasteiger partial charge in [-0.2, -0.15) is 0 Å². The summed E-state index contributed by atoms with van der Waals surface area (Å²) in [6, 6.07) is 9.02. The molecule has 1 aromatic rings. The number of carbonyl (C=O) groups is 1. The van der Waals surface area contributed by atoms with E-state index >= 15 is 0 Å². The molecule has 0 spiro atoms. The molecular weight excluding hydrogens is 377 g/mol. The van der Waals surface area contributed by atoms with E-state index in [1.807, 2.05) is 11.0 Å². The average Bonchev–Trinajstić information content (AvgIpc) is 3.37. The Kier molecular flexibility index (Phi) is 5.64. The van der Waals surface area contributed by atoms with Crippen LogP contribution in [0.25, 0.3) is 0 Å². The predicted octanol–water partition coefficient (Wildman–Crippen LogP) is 4.22. The number of nitrogens with zero attached hydrogens (tertiary/aromatic N) is 2. The monoisotopic (exact) mass is 409 g/mol. The van der Waals surface area contributed by atoms with Gasteiger partial charge in [0.25, 0.3) is 0 Å². The van der Waals surface area contributed by atoms with Crippen LogP contribution >= 0.6 is 0 Å². The molecule has 3 unspecified atom stereocenters. The van der Waals surface area contributed by atoms with Gasteiger partial charge in [-0.25, -0.2) is 9.18 Å². The van der Waals surface area contributed by atoms with Gasteiger partial charge in [-0.3, -0.25) is 0 Å². The minimum atomic E-state index is -0.822. The van der Waals surface area contributed by atoms with Crippen LogP contribution in [0, 0.1) is 5.92 Å². The number of piperidine rings is 1. The number of likely N-dealkylation sites (tertiary alicyclic amines) is 1. The molecule has 30 heavy (non-hydrogen) atoms. The lowest BCUT2D eigenvalue weighted by atomic mass is 9.80. The Labute approximate surface area is 178 Å². The maximum atomic E-state index is 13.6. The van der Waals surface area contributed by atoms with E-state index < -0.39 is 6.17 Å². The first-order chi connectivity index (χ1) is 14.7. The Balaban J connectivity index is 1.21. The lowest BCUT2D eigenvalue weighted by Gasteiger charge is -2.36. The number of halogens is 1. The number of urea groups is 1. The van der Waals surface area contributed by atoms with E-state index in [9.17, 15) is 9.18 Å². The van der Waals surface area contributed by atoms with E-state index in [1.54, 1.807) is 6.08 Å². The molecule has 1 aromatic carbocycles. The third-order valence-corrected chi connectivity index (χ3v) is 7.57. The highest BCUT2D eigenvalue weighted by molar-refractivity contribution is 5.76. The molecule has 5 heteroatoms. The van der Waals surface area contributed by atoms with Crippen molar-refractivity contribution in [2.24, 2.45) is 5.92 Å². The second-order valence-electron chi connectivity index (χ2n) is 9.24. The van der Waals surface area contributed by atoms with Crippen molar-refractivity contribution in [3.05, 3.63) is 59.2 Å². The zero-order valence-corrected chi connectivity index (χ0v) is 17.6. The topological polar surface area (TPSA) is 35.6 Å². The number of benzene rings is 1. The van der Waals surface area contributed by atoms with Crippen LogP contribution in [0.15, 0.2) is 48.1 Å². The van der Waals surface area contributed by atoms with Crippen LogP contribution in [-0.2, 0) is 0 Å². The van der Waals surface area contributed by atoms with Crippen LogP contribution in [0.5, 0.6) is 0 Å². The van der Waals surface area contributed by atoms with Crippen molar-refractivity contribution in [1.82, 2.24) is 15.1 Å². The second kappa shape index (κ2) is 8.54. The fourth-order valence-electron chi connectivity index (χ4n) is 5.87. The van der Waals surface area contributed by atoms with Crippen LogP contribution in [0.2, 0.25) is 0 Å². The molecule has 2 aliphatic carbocycles. The molecule has 160 valence electrons. The molecule has 2 heterocycles. The minimum Gasteiger partial charge on any atom is -0.336 e. The molecule has 2 aliphatic heterocycles. The highest BCUT2D eigenvalue weighted by Gasteiger charge is 2.38. The van der Waals surface area contributed by atoms with Gasteiger partial charge in [-0.05, 0) is 60.9 Å². The number of nitrogens with one attached hydrogen (secondary N) is 1. The third-order valence-electron chi connectivity index (χ3n) is 7.57. The standard InChI is InChI=1S/C25H32FN3O/c26-20-7-5-18(6-8-20)23-17-24(22-4-2-1-3-21(22)23)19-9-12-28(13-10-19)15-16-29-14-11-27-25(29)30/h1-7,19-20,23-24H,8-17H2,(H,27,30). The number of amides is 2. The lowest BCUT2D eigenvalue weighted by molar-refractivity contribution is 0.152. The molecule has 0 radical (unpaired) electrons. The van der Waals surface area contributed by atoms with Gasteiger partial charge in [0, 0.05) is 38.5 Å². The van der Waals surface area contributed by atoms with Crippen LogP contribution in [0.1, 0.15) is 48.6 Å². The summed E-state index contributed by atoms with van der Waals surface area (Å²) >= 11 is 0. The third kappa shape index (κ3) is 3.92. The van der Waals surface area contributed by atoms with Gasteiger partial charge in [-0.1, -0.05) is 42.5 Å². The summed E-state index contributed by atoms with van der Waals surface area (Å²) in [7, 11) is 0. The van der Waals surface area contributed by atoms with Crippen molar-refractivity contribution in [3.8, 4) is 0 Å². The van der Waals surface area contributed by atoms with Gasteiger partial charge in [-0.15, -0.1) is 0 Å². The van der Waals surface area contributed by atoms with Gasteiger partial charge in [0.1, 0.15) is 6.17 Å². The highest BCUT2D eigenvalue weighted by Crippen LogP contribution is 2.51. The Bertz CT molecular complexity index is 843. The minimum absolute atomic E-state index is 0.0867. The van der Waals surface area contributed by atoms with Crippen molar-refractivity contribution in [1.29, 1.82) is 0 Å². The summed E-state index contributed by atoms with van der Waals surface area (Å²) in [5.41, 5.74) is 4.28. The molecule has 2 saturated heterocycles. The number of allylic oxidation sites excluding steroid dienone is 4. The second-order valence-corrected chi connectivity index (χ2v) is 9.24. The van der Waals surface area contributed by atoms with E-state index in [1.165, 1.54) is 29.5 Å². The van der Waals surface area contributed by atoms with Gasteiger partial charge in [0.15, 0.2) is 0 Å². The van der Waals surface area contributed by atoms with Crippen molar-refractivity contribution in [2.45, 2.75) is 43.7 Å². The molecule has 2 amide bonds. The zero-order valence-electron chi connectivity index (χ0n) is 17.6. The van der Waals surface area contributed by atoms with E-state index in [2.05, 4.69) is 40.6 Å². The molecule has 0 bridgehead atoms. The zero-order chi connectivity index (χ0) is 20.5. The Morgan fingerprint density at radius 1 is 1.07 bits per heavy atom. The van der Waals surface area contributed by atoms with Crippen molar-refractivity contribution < 1.29 is 9.18 Å². The van der Waals surface area contributed by atoms with Gasteiger partial charge in [0.05, 0.1) is 0 Å². The van der Waals surface area contributed by atoms with E-state index in [0.717, 1.165) is 45.7 Å². The maximum absolute atomic E-state index is 13.6. The molecular formula is C25H32FN3O. The largest absolute Gasteiger partial charge is 0.336 e. The van der Waals surface area contributed by atoms with E-state index in [0.29, 0.717) is 24.2 Å². The summed E-state index contributed by atoms with van der Waals surface area (Å²) in [4.78, 5) is 16.2. The summed E-state index contributed by atoms with van der Waals surface area (Å²) in [5, 5.41) is 2.88. The number of rotatable bonds is 5. The lowest BCUT2D eigenvalue weighted by Crippen LogP contribution is -2.41. The fraction of sp³-hybridized carbons (Fsp3) is 0.560. The van der Waals surface area contributed by atoms with Gasteiger partial charge < -0.3 is 15.1 Å². The van der Waals surface area contributed by atoms with Gasteiger partial charge >= 0.3 is 6.03 Å². The molecule has 0 aromatic heterocycles. The molecule has 4 aliphatic rings.